The van der Waals surface area contributed by atoms with Crippen molar-refractivity contribution in [1.82, 2.24) is 10.2 Å². The molecule has 2 rings (SSSR count). The molecule has 6 nitrogen and oxygen atoms in total. The Hall–Kier alpha value is -2.15. The van der Waals surface area contributed by atoms with Gasteiger partial charge in [-0.1, -0.05) is 6.07 Å². The Labute approximate surface area is 109 Å². The average Bonchev–Trinajstić information content (AvgIpc) is 2.62. The van der Waals surface area contributed by atoms with Gasteiger partial charge in [-0.2, -0.15) is 0 Å². The van der Waals surface area contributed by atoms with Gasteiger partial charge in [-0.05, 0) is 12.1 Å². The minimum atomic E-state index is -0.586. The second-order valence-electron chi connectivity index (χ2n) is 4.20. The Morgan fingerprint density at radius 3 is 2.95 bits per heavy atom. The summed E-state index contributed by atoms with van der Waals surface area (Å²) in [5.74, 6) is 4.22. The number of rotatable bonds is 2. The quantitative estimate of drug-likeness (QED) is 0.522. The zero-order valence-electron chi connectivity index (χ0n) is 10.3. The maximum Gasteiger partial charge on any atom is 0.256 e. The summed E-state index contributed by atoms with van der Waals surface area (Å²) >= 11 is 0. The lowest BCUT2D eigenvalue weighted by molar-refractivity contribution is -0.120. The van der Waals surface area contributed by atoms with Gasteiger partial charge in [-0.15, -0.1) is 0 Å². The van der Waals surface area contributed by atoms with Crippen molar-refractivity contribution in [3.8, 4) is 0 Å². The van der Waals surface area contributed by atoms with E-state index in [-0.39, 0.29) is 29.5 Å². The molecule has 1 fully saturated rings. The molecule has 0 radical (unpaired) electrons. The number of nitrogens with one attached hydrogen (secondary N) is 2. The van der Waals surface area contributed by atoms with Gasteiger partial charge in [0.05, 0.1) is 11.3 Å². The number of amides is 2. The Bertz CT molecular complexity index is 507. The van der Waals surface area contributed by atoms with Crippen LogP contribution < -0.4 is 16.6 Å². The third-order valence-electron chi connectivity index (χ3n) is 2.99. The highest BCUT2D eigenvalue weighted by atomic mass is 19.1. The molecule has 1 aromatic carbocycles. The van der Waals surface area contributed by atoms with Crippen LogP contribution in [0.2, 0.25) is 0 Å². The third-order valence-corrected chi connectivity index (χ3v) is 2.99. The number of hydrazine groups is 1. The maximum absolute atomic E-state index is 13.5. The summed E-state index contributed by atoms with van der Waals surface area (Å²) in [6, 6.07) is 4.17. The van der Waals surface area contributed by atoms with E-state index in [9.17, 15) is 14.0 Å². The van der Waals surface area contributed by atoms with Crippen molar-refractivity contribution in [3.63, 3.8) is 0 Å². The maximum atomic E-state index is 13.5. The zero-order valence-corrected chi connectivity index (χ0v) is 10.3. The molecule has 0 unspecified atom stereocenters. The number of benzene rings is 1. The molecule has 0 aromatic heterocycles. The number of anilines is 1. The number of nitrogens with zero attached hydrogens (tertiary/aromatic N) is 1. The molecule has 1 aliphatic heterocycles. The molecule has 4 N–H and O–H groups in total. The fourth-order valence-electron chi connectivity index (χ4n) is 1.99. The smallest absolute Gasteiger partial charge is 0.256 e. The van der Waals surface area contributed by atoms with Crippen LogP contribution in [-0.4, -0.2) is 36.3 Å². The first-order valence-electron chi connectivity index (χ1n) is 5.94. The molecule has 0 spiro atoms. The summed E-state index contributed by atoms with van der Waals surface area (Å²) in [5.41, 5.74) is 2.34. The molecule has 1 saturated heterocycles. The van der Waals surface area contributed by atoms with Crippen LogP contribution in [0, 0.1) is 5.82 Å². The lowest BCUT2D eigenvalue weighted by Crippen LogP contribution is -2.35. The van der Waals surface area contributed by atoms with Gasteiger partial charge in [0.15, 0.2) is 0 Å². The third kappa shape index (κ3) is 2.82. The Kier molecular flexibility index (Phi) is 3.96. The lowest BCUT2D eigenvalue weighted by Gasteiger charge is -2.21. The first-order chi connectivity index (χ1) is 9.13. The molecule has 7 heteroatoms. The molecule has 19 heavy (non-hydrogen) atoms. The van der Waals surface area contributed by atoms with Gasteiger partial charge in [0, 0.05) is 26.1 Å². The molecule has 1 heterocycles. The number of hydrogen-bond acceptors (Lipinski definition) is 4. The van der Waals surface area contributed by atoms with E-state index < -0.39 is 5.82 Å². The van der Waals surface area contributed by atoms with Crippen LogP contribution in [0.3, 0.4) is 0 Å². The Balaban J connectivity index is 2.24. The molecule has 1 aromatic rings. The van der Waals surface area contributed by atoms with Crippen molar-refractivity contribution in [3.05, 3.63) is 29.6 Å². The van der Waals surface area contributed by atoms with Crippen LogP contribution >= 0.6 is 0 Å². The minimum Gasteiger partial charge on any atom is -0.354 e. The first kappa shape index (κ1) is 13.3. The van der Waals surface area contributed by atoms with E-state index in [1.165, 1.54) is 23.1 Å². The van der Waals surface area contributed by atoms with Crippen LogP contribution in [0.1, 0.15) is 16.8 Å². The van der Waals surface area contributed by atoms with Crippen molar-refractivity contribution in [2.24, 2.45) is 5.84 Å². The fourth-order valence-corrected chi connectivity index (χ4v) is 1.99. The highest BCUT2D eigenvalue weighted by molar-refractivity contribution is 6.00. The minimum absolute atomic E-state index is 0.0315. The fraction of sp³-hybridized carbons (Fsp3) is 0.333. The summed E-state index contributed by atoms with van der Waals surface area (Å²) in [7, 11) is 0. The van der Waals surface area contributed by atoms with Crippen molar-refractivity contribution >= 4 is 17.5 Å². The molecular formula is C12H15FN4O2. The van der Waals surface area contributed by atoms with E-state index in [1.807, 2.05) is 0 Å². The van der Waals surface area contributed by atoms with Gasteiger partial charge in [0.1, 0.15) is 5.82 Å². The molecule has 0 aliphatic carbocycles. The van der Waals surface area contributed by atoms with Gasteiger partial charge in [-0.25, -0.2) is 4.39 Å². The molecule has 0 saturated carbocycles. The van der Waals surface area contributed by atoms with Gasteiger partial charge >= 0.3 is 0 Å². The van der Waals surface area contributed by atoms with Crippen LogP contribution in [-0.2, 0) is 4.79 Å². The van der Waals surface area contributed by atoms with Gasteiger partial charge in [0.2, 0.25) is 5.91 Å². The molecule has 0 atom stereocenters. The number of para-hydroxylation sites is 1. The topological polar surface area (TPSA) is 87.5 Å². The first-order valence-corrected chi connectivity index (χ1v) is 5.94. The Morgan fingerprint density at radius 1 is 1.42 bits per heavy atom. The van der Waals surface area contributed by atoms with Crippen molar-refractivity contribution in [2.75, 3.05) is 25.1 Å². The monoisotopic (exact) mass is 266 g/mol. The highest BCUT2D eigenvalue weighted by Crippen LogP contribution is 2.20. The van der Waals surface area contributed by atoms with E-state index in [2.05, 4.69) is 10.7 Å². The van der Waals surface area contributed by atoms with E-state index >= 15 is 0 Å². The highest BCUT2D eigenvalue weighted by Gasteiger charge is 2.22. The Morgan fingerprint density at radius 2 is 2.21 bits per heavy atom. The number of nitrogen functional groups attached to an aromatic ring is 1. The lowest BCUT2D eigenvalue weighted by atomic mass is 10.1. The van der Waals surface area contributed by atoms with E-state index in [4.69, 9.17) is 5.84 Å². The summed E-state index contributed by atoms with van der Waals surface area (Å²) in [6.07, 6.45) is 0.243. The largest absolute Gasteiger partial charge is 0.354 e. The second kappa shape index (κ2) is 5.66. The second-order valence-corrected chi connectivity index (χ2v) is 4.20. The summed E-state index contributed by atoms with van der Waals surface area (Å²) in [4.78, 5) is 25.0. The molecule has 102 valence electrons. The SMILES string of the molecule is NNc1c(F)cccc1C(=O)N1CCNC(=O)CC1. The van der Waals surface area contributed by atoms with Crippen molar-refractivity contribution < 1.29 is 14.0 Å². The van der Waals surface area contributed by atoms with Crippen LogP contribution in [0.4, 0.5) is 10.1 Å². The molecular weight excluding hydrogens is 251 g/mol. The van der Waals surface area contributed by atoms with Crippen LogP contribution in [0.25, 0.3) is 0 Å². The number of halogens is 1. The van der Waals surface area contributed by atoms with Crippen molar-refractivity contribution in [1.29, 1.82) is 0 Å². The summed E-state index contributed by atoms with van der Waals surface area (Å²) in [5, 5.41) is 2.67. The predicted molar refractivity (Wildman–Crippen MR) is 67.7 cm³/mol. The molecule has 2 amide bonds. The van der Waals surface area contributed by atoms with Crippen LogP contribution in [0.5, 0.6) is 0 Å². The van der Waals surface area contributed by atoms with Gasteiger partial charge < -0.3 is 15.6 Å². The predicted octanol–water partition coefficient (Wildman–Crippen LogP) is 0.0734. The number of carbonyl (C=O) groups excluding carboxylic acids is 2. The normalized spacial score (nSPS) is 15.7. The van der Waals surface area contributed by atoms with Gasteiger partial charge in [-0.3, -0.25) is 15.4 Å². The average molecular weight is 266 g/mol. The summed E-state index contributed by atoms with van der Waals surface area (Å²) in [6.45, 7) is 1.10. The number of hydrogen-bond donors (Lipinski definition) is 3. The van der Waals surface area contributed by atoms with E-state index in [0.29, 0.717) is 19.6 Å². The van der Waals surface area contributed by atoms with E-state index in [1.54, 1.807) is 0 Å². The molecule has 0 bridgehead atoms. The zero-order chi connectivity index (χ0) is 13.8. The summed E-state index contributed by atoms with van der Waals surface area (Å²) < 4.78 is 13.5. The number of nitrogens with two attached hydrogens (primary N) is 1. The number of carbonyl (C=O) groups is 2. The molecule has 1 aliphatic rings. The van der Waals surface area contributed by atoms with Crippen LogP contribution in [0.15, 0.2) is 18.2 Å². The van der Waals surface area contributed by atoms with Crippen molar-refractivity contribution in [2.45, 2.75) is 6.42 Å². The van der Waals surface area contributed by atoms with Gasteiger partial charge in [0.25, 0.3) is 5.91 Å². The van der Waals surface area contributed by atoms with E-state index in [0.717, 1.165) is 0 Å². The standard InChI is InChI=1S/C12H15FN4O2/c13-9-3-1-2-8(11(9)16-14)12(19)17-6-4-10(18)15-5-7-17/h1-3,16H,4-7,14H2,(H,15,18).